The summed E-state index contributed by atoms with van der Waals surface area (Å²) < 4.78 is 0. The number of amides is 1. The number of aromatic nitrogens is 1. The summed E-state index contributed by atoms with van der Waals surface area (Å²) in [5.41, 5.74) is 6.84. The van der Waals surface area contributed by atoms with Crippen LogP contribution in [0.2, 0.25) is 0 Å². The average molecular weight is 269 g/mol. The number of carbonyl (C=O) groups is 1. The average Bonchev–Trinajstić information content (AvgIpc) is 3.00. The zero-order valence-corrected chi connectivity index (χ0v) is 11.4. The smallest absolute Gasteiger partial charge is 0.241 e. The van der Waals surface area contributed by atoms with Gasteiger partial charge in [-0.05, 0) is 42.3 Å². The van der Waals surface area contributed by atoms with E-state index in [-0.39, 0.29) is 5.91 Å². The predicted molar refractivity (Wildman–Crippen MR) is 80.3 cm³/mol. The summed E-state index contributed by atoms with van der Waals surface area (Å²) in [5.74, 6) is 0.247. The Morgan fingerprint density at radius 3 is 2.85 bits per heavy atom. The zero-order chi connectivity index (χ0) is 13.9. The van der Waals surface area contributed by atoms with Crippen molar-refractivity contribution in [3.63, 3.8) is 0 Å². The highest BCUT2D eigenvalue weighted by Crippen LogP contribution is 2.27. The quantitative estimate of drug-likeness (QED) is 0.900. The molecule has 3 N–H and O–H groups in total. The number of hydrogen-bond donors (Lipinski definition) is 2. The maximum Gasteiger partial charge on any atom is 0.241 e. The molecule has 1 aromatic carbocycles. The van der Waals surface area contributed by atoms with Gasteiger partial charge in [-0.15, -0.1) is 0 Å². The first kappa shape index (κ1) is 13.1. The number of anilines is 1. The Bertz CT molecular complexity index is 620. The number of nitrogens with two attached hydrogens (primary N) is 1. The lowest BCUT2D eigenvalue weighted by molar-refractivity contribution is -0.118. The van der Waals surface area contributed by atoms with Crippen molar-refractivity contribution in [3.05, 3.63) is 36.7 Å². The van der Waals surface area contributed by atoms with E-state index in [2.05, 4.69) is 10.3 Å². The molecule has 0 aliphatic heterocycles. The summed E-state index contributed by atoms with van der Waals surface area (Å²) in [6.07, 6.45) is 8.06. The number of pyridine rings is 1. The SMILES string of the molecule is N[C@@H](C(=O)Nc1ccc2ccncc2c1)C1CCCC1. The van der Waals surface area contributed by atoms with Crippen LogP contribution in [0.3, 0.4) is 0 Å². The van der Waals surface area contributed by atoms with Crippen molar-refractivity contribution in [3.8, 4) is 0 Å². The van der Waals surface area contributed by atoms with E-state index in [1.54, 1.807) is 12.4 Å². The lowest BCUT2D eigenvalue weighted by atomic mass is 9.98. The van der Waals surface area contributed by atoms with Crippen molar-refractivity contribution < 1.29 is 4.79 Å². The fraction of sp³-hybridized carbons (Fsp3) is 0.375. The van der Waals surface area contributed by atoms with Crippen LogP contribution in [0, 0.1) is 5.92 Å². The first-order chi connectivity index (χ1) is 9.74. The Morgan fingerprint density at radius 2 is 2.05 bits per heavy atom. The summed E-state index contributed by atoms with van der Waals surface area (Å²) >= 11 is 0. The predicted octanol–water partition coefficient (Wildman–Crippen LogP) is 2.69. The summed E-state index contributed by atoms with van der Waals surface area (Å²) in [6.45, 7) is 0. The van der Waals surface area contributed by atoms with Gasteiger partial charge in [0.05, 0.1) is 6.04 Å². The summed E-state index contributed by atoms with van der Waals surface area (Å²) in [7, 11) is 0. The van der Waals surface area contributed by atoms with E-state index in [1.807, 2.05) is 24.3 Å². The van der Waals surface area contributed by atoms with Crippen LogP contribution >= 0.6 is 0 Å². The van der Waals surface area contributed by atoms with Crippen molar-refractivity contribution in [2.75, 3.05) is 5.32 Å². The number of hydrogen-bond acceptors (Lipinski definition) is 3. The van der Waals surface area contributed by atoms with Crippen LogP contribution in [0.5, 0.6) is 0 Å². The van der Waals surface area contributed by atoms with Gasteiger partial charge in [0.15, 0.2) is 0 Å². The van der Waals surface area contributed by atoms with E-state index in [9.17, 15) is 4.79 Å². The standard InChI is InChI=1S/C16H19N3O/c17-15(12-3-1-2-4-12)16(20)19-14-6-5-11-7-8-18-10-13(11)9-14/h5-10,12,15H,1-4,17H2,(H,19,20)/t15-/m1/s1. The van der Waals surface area contributed by atoms with Gasteiger partial charge in [-0.25, -0.2) is 0 Å². The second-order valence-corrected chi connectivity index (χ2v) is 5.50. The highest BCUT2D eigenvalue weighted by Gasteiger charge is 2.27. The summed E-state index contributed by atoms with van der Waals surface area (Å²) in [5, 5.41) is 5.04. The molecular formula is C16H19N3O. The molecule has 0 bridgehead atoms. The fourth-order valence-electron chi connectivity index (χ4n) is 2.92. The van der Waals surface area contributed by atoms with Crippen LogP contribution in [0.1, 0.15) is 25.7 Å². The minimum Gasteiger partial charge on any atom is -0.325 e. The molecule has 2 aromatic rings. The highest BCUT2D eigenvalue weighted by atomic mass is 16.2. The Kier molecular flexibility index (Phi) is 3.65. The van der Waals surface area contributed by atoms with Gasteiger partial charge in [-0.3, -0.25) is 9.78 Å². The molecule has 20 heavy (non-hydrogen) atoms. The monoisotopic (exact) mass is 269 g/mol. The molecule has 1 aliphatic carbocycles. The normalized spacial score (nSPS) is 17.2. The Morgan fingerprint density at radius 1 is 1.25 bits per heavy atom. The van der Waals surface area contributed by atoms with E-state index < -0.39 is 6.04 Å². The first-order valence-electron chi connectivity index (χ1n) is 7.14. The van der Waals surface area contributed by atoms with Gasteiger partial charge < -0.3 is 11.1 Å². The van der Waals surface area contributed by atoms with Crippen molar-refractivity contribution in [1.82, 2.24) is 4.98 Å². The second kappa shape index (κ2) is 5.59. The van der Waals surface area contributed by atoms with Gasteiger partial charge >= 0.3 is 0 Å². The van der Waals surface area contributed by atoms with Crippen molar-refractivity contribution in [1.29, 1.82) is 0 Å². The molecule has 1 atom stereocenters. The fourth-order valence-corrected chi connectivity index (χ4v) is 2.92. The van der Waals surface area contributed by atoms with Crippen LogP contribution in [-0.4, -0.2) is 16.9 Å². The molecule has 4 heteroatoms. The number of benzene rings is 1. The maximum atomic E-state index is 12.2. The van der Waals surface area contributed by atoms with Crippen molar-refractivity contribution >= 4 is 22.4 Å². The molecule has 1 heterocycles. The zero-order valence-electron chi connectivity index (χ0n) is 11.4. The Labute approximate surface area is 118 Å². The third-order valence-corrected chi connectivity index (χ3v) is 4.12. The number of nitrogens with zero attached hydrogens (tertiary/aromatic N) is 1. The second-order valence-electron chi connectivity index (χ2n) is 5.50. The third-order valence-electron chi connectivity index (χ3n) is 4.12. The molecule has 0 unspecified atom stereocenters. The van der Waals surface area contributed by atoms with Gasteiger partial charge in [0, 0.05) is 23.5 Å². The minimum absolute atomic E-state index is 0.0832. The van der Waals surface area contributed by atoms with E-state index in [0.29, 0.717) is 5.92 Å². The molecule has 0 spiro atoms. The van der Waals surface area contributed by atoms with Crippen LogP contribution in [0.15, 0.2) is 36.7 Å². The van der Waals surface area contributed by atoms with E-state index in [0.717, 1.165) is 29.3 Å². The molecule has 1 amide bonds. The van der Waals surface area contributed by atoms with Crippen molar-refractivity contribution in [2.24, 2.45) is 11.7 Å². The molecule has 3 rings (SSSR count). The topological polar surface area (TPSA) is 68.0 Å². The summed E-state index contributed by atoms with van der Waals surface area (Å²) in [6, 6.07) is 7.37. The van der Waals surface area contributed by atoms with E-state index in [1.165, 1.54) is 12.8 Å². The highest BCUT2D eigenvalue weighted by molar-refractivity contribution is 5.97. The molecular weight excluding hydrogens is 250 g/mol. The molecule has 1 aromatic heterocycles. The van der Waals surface area contributed by atoms with E-state index in [4.69, 9.17) is 5.73 Å². The number of nitrogens with one attached hydrogen (secondary N) is 1. The van der Waals surface area contributed by atoms with Crippen LogP contribution in [-0.2, 0) is 4.79 Å². The van der Waals surface area contributed by atoms with Gasteiger partial charge in [0.1, 0.15) is 0 Å². The largest absolute Gasteiger partial charge is 0.325 e. The maximum absolute atomic E-state index is 12.2. The Hall–Kier alpha value is -1.94. The van der Waals surface area contributed by atoms with E-state index >= 15 is 0 Å². The number of fused-ring (bicyclic) bond motifs is 1. The molecule has 104 valence electrons. The molecule has 0 saturated heterocycles. The first-order valence-corrected chi connectivity index (χ1v) is 7.14. The lowest BCUT2D eigenvalue weighted by Crippen LogP contribution is -2.40. The third kappa shape index (κ3) is 2.65. The molecule has 1 fully saturated rings. The van der Waals surface area contributed by atoms with Crippen LogP contribution in [0.4, 0.5) is 5.69 Å². The van der Waals surface area contributed by atoms with Gasteiger partial charge in [0.25, 0.3) is 0 Å². The molecule has 1 aliphatic rings. The van der Waals surface area contributed by atoms with Crippen LogP contribution in [0.25, 0.3) is 10.8 Å². The lowest BCUT2D eigenvalue weighted by Gasteiger charge is -2.18. The summed E-state index contributed by atoms with van der Waals surface area (Å²) in [4.78, 5) is 16.3. The minimum atomic E-state index is -0.401. The Balaban J connectivity index is 1.73. The molecule has 4 nitrogen and oxygen atoms in total. The number of rotatable bonds is 3. The van der Waals surface area contributed by atoms with Crippen molar-refractivity contribution in [2.45, 2.75) is 31.7 Å². The van der Waals surface area contributed by atoms with Gasteiger partial charge in [-0.1, -0.05) is 18.9 Å². The van der Waals surface area contributed by atoms with Gasteiger partial charge in [0.2, 0.25) is 5.91 Å². The van der Waals surface area contributed by atoms with Crippen LogP contribution < -0.4 is 11.1 Å². The molecule has 0 radical (unpaired) electrons. The number of carbonyl (C=O) groups excluding carboxylic acids is 1. The van der Waals surface area contributed by atoms with Gasteiger partial charge in [-0.2, -0.15) is 0 Å². The molecule has 1 saturated carbocycles.